The Balaban J connectivity index is 1.12. The highest BCUT2D eigenvalue weighted by atomic mass is 32.2. The monoisotopic (exact) mass is 987 g/mol. The number of sulfone groups is 1. The van der Waals surface area contributed by atoms with Gasteiger partial charge in [-0.3, -0.25) is 14.8 Å². The van der Waals surface area contributed by atoms with Crippen molar-refractivity contribution >= 4 is 48.3 Å². The molecule has 11 aromatic rings. The molecule has 5 aromatic carbocycles. The van der Waals surface area contributed by atoms with Gasteiger partial charge in [0.2, 0.25) is 11.9 Å². The van der Waals surface area contributed by atoms with E-state index in [4.69, 9.17) is 43.9 Å². The van der Waals surface area contributed by atoms with E-state index in [1.54, 1.807) is 107 Å². The van der Waals surface area contributed by atoms with Crippen LogP contribution in [0, 0.1) is 0 Å². The van der Waals surface area contributed by atoms with Gasteiger partial charge in [-0.2, -0.15) is 5.10 Å². The molecular formula is C55H43N10O7S+. The Labute approximate surface area is 417 Å². The van der Waals surface area contributed by atoms with Crippen molar-refractivity contribution in [3.63, 3.8) is 0 Å². The lowest BCUT2D eigenvalue weighted by Crippen LogP contribution is -2.40. The number of benzene rings is 5. The zero-order valence-corrected chi connectivity index (χ0v) is 41.0. The lowest BCUT2D eigenvalue weighted by atomic mass is 10.0. The lowest BCUT2D eigenvalue weighted by molar-refractivity contribution is -0.673. The quantitative estimate of drug-likeness (QED) is 0.0785. The first-order chi connectivity index (χ1) is 35.4. The number of aromatic nitrogens is 10. The minimum absolute atomic E-state index is 0.0479. The molecule has 6 heterocycles. The Bertz CT molecular complexity index is 4090. The minimum Gasteiger partial charge on any atom is -0.493 e. The number of fused-ring (bicyclic) bond motifs is 3. The van der Waals surface area contributed by atoms with Gasteiger partial charge in [-0.25, -0.2) is 33.0 Å². The van der Waals surface area contributed by atoms with Crippen LogP contribution in [0.15, 0.2) is 157 Å². The second kappa shape index (κ2) is 18.4. The number of carbonyl (C=O) groups excluding carboxylic acids is 1. The fraction of sp³-hybridized carbons (Fsp3) is 0.109. The summed E-state index contributed by atoms with van der Waals surface area (Å²) in [7, 11) is 2.92. The van der Waals surface area contributed by atoms with Gasteiger partial charge in [0.1, 0.15) is 0 Å². The van der Waals surface area contributed by atoms with E-state index in [2.05, 4.69) is 10.1 Å². The molecule has 0 atom stereocenters. The van der Waals surface area contributed by atoms with Gasteiger partial charge in [0.15, 0.2) is 38.6 Å². The fourth-order valence-electron chi connectivity index (χ4n) is 8.85. The van der Waals surface area contributed by atoms with Gasteiger partial charge >= 0.3 is 0 Å². The molecule has 18 heteroatoms. The summed E-state index contributed by atoms with van der Waals surface area (Å²) in [4.78, 5) is 42.6. The van der Waals surface area contributed by atoms with Crippen molar-refractivity contribution in [1.29, 1.82) is 0 Å². The third kappa shape index (κ3) is 8.38. The van der Waals surface area contributed by atoms with Crippen LogP contribution in [0.4, 0.5) is 0 Å². The molecule has 0 amide bonds. The Morgan fingerprint density at radius 2 is 1.23 bits per heavy atom. The molecule has 6 aromatic heterocycles. The number of hydrogen-bond acceptors (Lipinski definition) is 14. The van der Waals surface area contributed by atoms with Gasteiger partial charge in [-0.05, 0) is 48.9 Å². The molecule has 360 valence electrons. The van der Waals surface area contributed by atoms with Crippen molar-refractivity contribution in [2.75, 3.05) is 34.7 Å². The Morgan fingerprint density at radius 1 is 0.589 bits per heavy atom. The summed E-state index contributed by atoms with van der Waals surface area (Å²) in [5.41, 5.74) is 8.86. The smallest absolute Gasteiger partial charge is 0.289 e. The maximum atomic E-state index is 12.3. The molecule has 0 saturated heterocycles. The van der Waals surface area contributed by atoms with E-state index in [0.717, 1.165) is 38.9 Å². The summed E-state index contributed by atoms with van der Waals surface area (Å²) < 4.78 is 52.8. The van der Waals surface area contributed by atoms with Crippen molar-refractivity contribution in [3.8, 4) is 85.4 Å². The molecular weight excluding hydrogens is 945 g/mol. The van der Waals surface area contributed by atoms with E-state index in [9.17, 15) is 13.2 Å². The molecule has 0 aliphatic carbocycles. The predicted molar refractivity (Wildman–Crippen MR) is 275 cm³/mol. The first kappa shape index (κ1) is 46.0. The molecule has 0 N–H and O–H groups in total. The number of pyridine rings is 2. The second-order valence-corrected chi connectivity index (χ2v) is 19.0. The van der Waals surface area contributed by atoms with Crippen molar-refractivity contribution in [1.82, 2.24) is 44.4 Å². The molecule has 0 saturated carbocycles. The summed E-state index contributed by atoms with van der Waals surface area (Å²) in [6.45, 7) is 1.54. The Kier molecular flexibility index (Phi) is 11.6. The number of carbonyl (C=O) groups is 1. The number of nitrogens with zero attached hydrogens (tertiary/aromatic N) is 10. The fourth-order valence-corrected chi connectivity index (χ4v) is 9.48. The van der Waals surface area contributed by atoms with Crippen LogP contribution in [0.3, 0.4) is 0 Å². The number of hydrogen-bond donors (Lipinski definition) is 0. The number of ketones is 1. The zero-order chi connectivity index (χ0) is 50.5. The highest BCUT2D eigenvalue weighted by Gasteiger charge is 2.27. The van der Waals surface area contributed by atoms with Gasteiger partial charge in [0.25, 0.3) is 11.9 Å². The van der Waals surface area contributed by atoms with Crippen molar-refractivity contribution in [3.05, 3.63) is 158 Å². The van der Waals surface area contributed by atoms with Crippen LogP contribution in [-0.2, 0) is 9.84 Å². The van der Waals surface area contributed by atoms with Crippen molar-refractivity contribution in [2.45, 2.75) is 11.8 Å². The van der Waals surface area contributed by atoms with E-state index in [-0.39, 0.29) is 16.6 Å². The average molecular weight is 988 g/mol. The normalized spacial score (nSPS) is 11.6. The number of ether oxygens (including phenoxy) is 4. The summed E-state index contributed by atoms with van der Waals surface area (Å²) in [6, 6.07) is 33.0. The average Bonchev–Trinajstić information content (AvgIpc) is 4.11. The van der Waals surface area contributed by atoms with Gasteiger partial charge in [0.05, 0.1) is 84.6 Å². The summed E-state index contributed by atoms with van der Waals surface area (Å²) in [5.74, 6) is 2.51. The van der Waals surface area contributed by atoms with Crippen LogP contribution in [0.2, 0.25) is 0 Å². The van der Waals surface area contributed by atoms with Gasteiger partial charge in [0, 0.05) is 87.8 Å². The van der Waals surface area contributed by atoms with Crippen molar-refractivity contribution in [2.24, 2.45) is 0 Å². The van der Waals surface area contributed by atoms with Crippen LogP contribution in [-0.4, -0.2) is 93.3 Å². The molecule has 17 nitrogen and oxygen atoms in total. The van der Waals surface area contributed by atoms with Crippen molar-refractivity contribution < 1.29 is 36.8 Å². The number of para-hydroxylation sites is 1. The summed E-state index contributed by atoms with van der Waals surface area (Å²) >= 11 is 0. The highest BCUT2D eigenvalue weighted by molar-refractivity contribution is 7.90. The third-order valence-electron chi connectivity index (χ3n) is 12.6. The molecule has 73 heavy (non-hydrogen) atoms. The molecule has 0 radical (unpaired) electrons. The van der Waals surface area contributed by atoms with E-state index in [1.807, 2.05) is 88.5 Å². The maximum absolute atomic E-state index is 12.3. The van der Waals surface area contributed by atoms with Gasteiger partial charge in [-0.15, -0.1) is 0 Å². The molecule has 0 spiro atoms. The van der Waals surface area contributed by atoms with E-state index >= 15 is 0 Å². The molecule has 0 fully saturated rings. The van der Waals surface area contributed by atoms with E-state index < -0.39 is 9.84 Å². The first-order valence-electron chi connectivity index (χ1n) is 22.7. The largest absolute Gasteiger partial charge is 0.493 e. The minimum atomic E-state index is -3.38. The van der Waals surface area contributed by atoms with Crippen LogP contribution >= 0.6 is 0 Å². The predicted octanol–water partition coefficient (Wildman–Crippen LogP) is 9.08. The lowest BCUT2D eigenvalue weighted by Gasteiger charge is -2.14. The molecule has 0 aliphatic heterocycles. The van der Waals surface area contributed by atoms with Crippen LogP contribution in [0.5, 0.6) is 23.0 Å². The summed E-state index contributed by atoms with van der Waals surface area (Å²) in [5, 5.41) is 6.80. The molecule has 0 bridgehead atoms. The topological polar surface area (TPSA) is 192 Å². The second-order valence-electron chi connectivity index (χ2n) is 17.0. The highest BCUT2D eigenvalue weighted by Crippen LogP contribution is 2.40. The third-order valence-corrected chi connectivity index (χ3v) is 13.7. The SMILES string of the molecule is COc1cc2nc(-n3cc(-c4cccnc4)c[n+]3-c3ccnc4c(-c5nc(-n6cc(-c7ccc(S(C)(=O)=O)cc7)cn6)nc6cc(OC)c(OC)cc56)cccc34)nc(-c3ccc(C(C)=O)cc3)c2cc1OC. The zero-order valence-electron chi connectivity index (χ0n) is 40.2. The molecule has 0 aliphatic rings. The summed E-state index contributed by atoms with van der Waals surface area (Å²) in [6.07, 6.45) is 13.9. The molecule has 11 rings (SSSR count). The van der Waals surface area contributed by atoms with E-state index in [0.29, 0.717) is 78.8 Å². The number of methoxy groups -OCH3 is 4. The number of rotatable bonds is 13. The van der Waals surface area contributed by atoms with Gasteiger partial charge < -0.3 is 18.9 Å². The van der Waals surface area contributed by atoms with E-state index in [1.165, 1.54) is 13.2 Å². The van der Waals surface area contributed by atoms with Crippen LogP contribution in [0.25, 0.3) is 95.1 Å². The van der Waals surface area contributed by atoms with Crippen LogP contribution in [0.1, 0.15) is 17.3 Å². The molecule has 0 unspecified atom stereocenters. The Morgan fingerprint density at radius 3 is 1.88 bits per heavy atom. The number of Topliss-reactive ketones (excluding diaryl/α,β-unsaturated/α-hetero) is 1. The first-order valence-corrected chi connectivity index (χ1v) is 24.6. The van der Waals surface area contributed by atoms with Crippen LogP contribution < -0.4 is 23.6 Å². The Hall–Kier alpha value is -9.42. The van der Waals surface area contributed by atoms with Gasteiger partial charge in [-0.1, -0.05) is 64.0 Å². The maximum Gasteiger partial charge on any atom is 0.289 e. The standard InChI is InChI=1S/C55H43N10O7S/c1-32(66)33-12-14-35(15-13-33)51-42-23-47(69-2)49(71-4)25-44(42)60-55(61-51)65-31-38(36-9-8-21-56-27-36)30-64(65)46-20-22-57-52-40(46)10-7-11-41(52)53-43-24-48(70-3)50(72-5)26-45(43)59-54(62-53)63-29-37(28-58-63)34-16-18-39(19-17-34)73(6,67)68/h7-31H,1-6H3/q+1.